The van der Waals surface area contributed by atoms with Gasteiger partial charge in [-0.2, -0.15) is 0 Å². The number of carbonyl (C=O) groups excluding carboxylic acids is 3. The van der Waals surface area contributed by atoms with Crippen LogP contribution in [0.25, 0.3) is 0 Å². The van der Waals surface area contributed by atoms with Gasteiger partial charge in [-0.05, 0) is 37.3 Å². The third-order valence-corrected chi connectivity index (χ3v) is 5.98. The molecule has 0 saturated carbocycles. The van der Waals surface area contributed by atoms with Crippen LogP contribution < -0.4 is 20.1 Å². The number of ether oxygens (including phenoxy) is 3. The monoisotopic (exact) mass is 444 g/mol. The average molecular weight is 445 g/mol. The summed E-state index contributed by atoms with van der Waals surface area (Å²) in [7, 11) is 3.09. The summed E-state index contributed by atoms with van der Waals surface area (Å²) in [6.07, 6.45) is -0.128. The van der Waals surface area contributed by atoms with Gasteiger partial charge in [0.2, 0.25) is 5.91 Å². The minimum Gasteiger partial charge on any atom is -0.497 e. The van der Waals surface area contributed by atoms with Crippen LogP contribution >= 0.6 is 11.8 Å². The van der Waals surface area contributed by atoms with E-state index >= 15 is 0 Å². The number of rotatable bonds is 8. The number of nitrogens with one attached hydrogen (secondary N) is 2. The number of carbonyl (C=O) groups is 3. The van der Waals surface area contributed by atoms with Crippen molar-refractivity contribution >= 4 is 35.2 Å². The molecule has 2 unspecified atom stereocenters. The van der Waals surface area contributed by atoms with Gasteiger partial charge in [-0.1, -0.05) is 12.1 Å². The lowest BCUT2D eigenvalue weighted by Crippen LogP contribution is -2.34. The third kappa shape index (κ3) is 5.69. The molecule has 0 aromatic heterocycles. The maximum Gasteiger partial charge on any atom is 0.307 e. The first-order valence-corrected chi connectivity index (χ1v) is 10.5. The quantitative estimate of drug-likeness (QED) is 0.604. The Balaban J connectivity index is 1.51. The summed E-state index contributed by atoms with van der Waals surface area (Å²) in [6, 6.07) is 12.3. The molecule has 2 aromatic rings. The van der Waals surface area contributed by atoms with E-state index < -0.39 is 29.8 Å². The van der Waals surface area contributed by atoms with E-state index in [4.69, 9.17) is 14.2 Å². The molecule has 0 saturated heterocycles. The number of methoxy groups -OCH3 is 2. The third-order valence-electron chi connectivity index (χ3n) is 4.70. The molecule has 2 atom stereocenters. The van der Waals surface area contributed by atoms with Crippen LogP contribution in [-0.4, -0.2) is 43.9 Å². The van der Waals surface area contributed by atoms with Crippen LogP contribution in [-0.2, 0) is 19.1 Å². The van der Waals surface area contributed by atoms with Gasteiger partial charge in [0.25, 0.3) is 5.91 Å². The fourth-order valence-corrected chi connectivity index (χ4v) is 4.22. The van der Waals surface area contributed by atoms with Crippen molar-refractivity contribution in [3.05, 3.63) is 48.0 Å². The molecule has 1 aliphatic heterocycles. The fraction of sp³-hybridized carbons (Fsp3) is 0.318. The predicted octanol–water partition coefficient (Wildman–Crippen LogP) is 2.93. The zero-order valence-corrected chi connectivity index (χ0v) is 18.3. The number of hydrogen-bond donors (Lipinski definition) is 2. The first kappa shape index (κ1) is 22.5. The van der Waals surface area contributed by atoms with Crippen LogP contribution in [0.3, 0.4) is 0 Å². The second kappa shape index (κ2) is 10.2. The Morgan fingerprint density at radius 3 is 2.68 bits per heavy atom. The van der Waals surface area contributed by atoms with Gasteiger partial charge in [-0.3, -0.25) is 14.4 Å². The summed E-state index contributed by atoms with van der Waals surface area (Å²) in [5.41, 5.74) is 1.46. The van der Waals surface area contributed by atoms with Crippen molar-refractivity contribution in [2.75, 3.05) is 26.1 Å². The molecular formula is C22H24N2O6S. The Morgan fingerprint density at radius 2 is 1.94 bits per heavy atom. The van der Waals surface area contributed by atoms with Gasteiger partial charge < -0.3 is 24.8 Å². The molecular weight excluding hydrogens is 420 g/mol. The normalized spacial score (nSPS) is 15.8. The van der Waals surface area contributed by atoms with E-state index in [1.165, 1.54) is 11.8 Å². The number of para-hydroxylation sites is 1. The first-order valence-electron chi connectivity index (χ1n) is 9.64. The molecule has 31 heavy (non-hydrogen) atoms. The summed E-state index contributed by atoms with van der Waals surface area (Å²) in [5.74, 6) is -0.103. The number of amides is 2. The van der Waals surface area contributed by atoms with Crippen LogP contribution in [0.1, 0.15) is 24.9 Å². The molecule has 9 heteroatoms. The Kier molecular flexibility index (Phi) is 7.41. The lowest BCUT2D eigenvalue weighted by molar-refractivity contribution is -0.149. The van der Waals surface area contributed by atoms with E-state index in [9.17, 15) is 14.4 Å². The van der Waals surface area contributed by atoms with Gasteiger partial charge in [0.1, 0.15) is 11.5 Å². The second-order valence-electron chi connectivity index (χ2n) is 6.85. The molecule has 0 aliphatic carbocycles. The Labute approximate surface area is 184 Å². The average Bonchev–Trinajstić information content (AvgIpc) is 2.77. The van der Waals surface area contributed by atoms with E-state index in [2.05, 4.69) is 10.6 Å². The lowest BCUT2D eigenvalue weighted by atomic mass is 10.1. The highest BCUT2D eigenvalue weighted by Crippen LogP contribution is 2.36. The maximum atomic E-state index is 12.3. The molecule has 0 spiro atoms. The highest BCUT2D eigenvalue weighted by atomic mass is 32.2. The largest absolute Gasteiger partial charge is 0.497 e. The molecule has 2 aromatic carbocycles. The summed E-state index contributed by atoms with van der Waals surface area (Å²) >= 11 is 1.30. The number of benzene rings is 2. The Hall–Kier alpha value is -3.20. The summed E-state index contributed by atoms with van der Waals surface area (Å²) in [4.78, 5) is 37.5. The van der Waals surface area contributed by atoms with E-state index in [0.717, 1.165) is 16.1 Å². The minimum absolute atomic E-state index is 0.128. The number of esters is 1. The van der Waals surface area contributed by atoms with Crippen LogP contribution in [0.4, 0.5) is 5.69 Å². The molecule has 2 amide bonds. The van der Waals surface area contributed by atoms with Crippen molar-refractivity contribution < 1.29 is 28.6 Å². The number of fused-ring (bicyclic) bond motifs is 1. The highest BCUT2D eigenvalue weighted by Gasteiger charge is 2.29. The predicted molar refractivity (Wildman–Crippen MR) is 116 cm³/mol. The standard InChI is InChI=1S/C22H24N2O6S/c1-13(15-10-14(28-2)8-9-17(15)29-3)23-20(25)12-30-21(26)11-19-22(27)24-16-6-4-5-7-18(16)31-19/h4-10,13,19H,11-12H2,1-3H3,(H,23,25)(H,24,27). The van der Waals surface area contributed by atoms with Crippen molar-refractivity contribution in [2.45, 2.75) is 29.5 Å². The van der Waals surface area contributed by atoms with Gasteiger partial charge in [0.05, 0.1) is 37.6 Å². The molecule has 2 N–H and O–H groups in total. The number of thioether (sulfide) groups is 1. The van der Waals surface area contributed by atoms with Crippen molar-refractivity contribution in [3.8, 4) is 11.5 Å². The lowest BCUT2D eigenvalue weighted by Gasteiger charge is -2.23. The minimum atomic E-state index is -0.617. The molecule has 0 fully saturated rings. The molecule has 1 aliphatic rings. The topological polar surface area (TPSA) is 103 Å². The van der Waals surface area contributed by atoms with E-state index in [0.29, 0.717) is 11.5 Å². The SMILES string of the molecule is COc1ccc(OC)c(C(C)NC(=O)COC(=O)CC2Sc3ccccc3NC2=O)c1. The smallest absolute Gasteiger partial charge is 0.307 e. The molecule has 1 heterocycles. The van der Waals surface area contributed by atoms with Crippen molar-refractivity contribution in [2.24, 2.45) is 0 Å². The number of hydrogen-bond acceptors (Lipinski definition) is 7. The Morgan fingerprint density at radius 1 is 1.16 bits per heavy atom. The van der Waals surface area contributed by atoms with Gasteiger partial charge >= 0.3 is 5.97 Å². The molecule has 164 valence electrons. The summed E-state index contributed by atoms with van der Waals surface area (Å²) < 4.78 is 15.6. The molecule has 8 nitrogen and oxygen atoms in total. The van der Waals surface area contributed by atoms with Gasteiger partial charge in [0, 0.05) is 10.5 Å². The molecule has 0 bridgehead atoms. The van der Waals surface area contributed by atoms with E-state index in [-0.39, 0.29) is 12.3 Å². The van der Waals surface area contributed by atoms with Crippen molar-refractivity contribution in [3.63, 3.8) is 0 Å². The zero-order valence-electron chi connectivity index (χ0n) is 17.5. The first-order chi connectivity index (χ1) is 14.9. The molecule has 0 radical (unpaired) electrons. The summed E-state index contributed by atoms with van der Waals surface area (Å²) in [6.45, 7) is 1.35. The van der Waals surface area contributed by atoms with Gasteiger partial charge in [0.15, 0.2) is 6.61 Å². The second-order valence-corrected chi connectivity index (χ2v) is 8.10. The molecule has 3 rings (SSSR count). The highest BCUT2D eigenvalue weighted by molar-refractivity contribution is 8.01. The van der Waals surface area contributed by atoms with Crippen molar-refractivity contribution in [1.82, 2.24) is 5.32 Å². The Bertz CT molecular complexity index is 980. The summed E-state index contributed by atoms with van der Waals surface area (Å²) in [5, 5.41) is 4.94. The maximum absolute atomic E-state index is 12.3. The van der Waals surface area contributed by atoms with E-state index in [1.807, 2.05) is 18.2 Å². The van der Waals surface area contributed by atoms with Crippen LogP contribution in [0.5, 0.6) is 11.5 Å². The van der Waals surface area contributed by atoms with Crippen LogP contribution in [0, 0.1) is 0 Å². The zero-order chi connectivity index (χ0) is 22.4. The number of anilines is 1. The van der Waals surface area contributed by atoms with E-state index in [1.54, 1.807) is 45.4 Å². The van der Waals surface area contributed by atoms with Gasteiger partial charge in [-0.25, -0.2) is 0 Å². The van der Waals surface area contributed by atoms with Gasteiger partial charge in [-0.15, -0.1) is 11.8 Å². The fourth-order valence-electron chi connectivity index (χ4n) is 3.12. The van der Waals surface area contributed by atoms with Crippen LogP contribution in [0.2, 0.25) is 0 Å². The van der Waals surface area contributed by atoms with Crippen LogP contribution in [0.15, 0.2) is 47.4 Å². The van der Waals surface area contributed by atoms with Crippen molar-refractivity contribution in [1.29, 1.82) is 0 Å².